The maximum absolute atomic E-state index is 5.44. The summed E-state index contributed by atoms with van der Waals surface area (Å²) in [5, 5.41) is 3.84. The van der Waals surface area contributed by atoms with E-state index in [1.807, 2.05) is 24.3 Å². The van der Waals surface area contributed by atoms with E-state index in [-0.39, 0.29) is 0 Å². The van der Waals surface area contributed by atoms with Gasteiger partial charge in [0, 0.05) is 27.6 Å². The van der Waals surface area contributed by atoms with Crippen molar-refractivity contribution in [1.82, 2.24) is 4.98 Å². The molecular formula is C54H40N2. The van der Waals surface area contributed by atoms with E-state index in [1.165, 1.54) is 55.3 Å². The number of allylic oxidation sites excluding steroid dienone is 9. The number of nitrogens with zero attached hydrogens (tertiary/aromatic N) is 2. The number of hydrogen-bond acceptors (Lipinski definition) is 2. The van der Waals surface area contributed by atoms with Crippen LogP contribution in [-0.4, -0.2) is 10.7 Å². The van der Waals surface area contributed by atoms with Gasteiger partial charge >= 0.3 is 0 Å². The number of benzene rings is 6. The maximum atomic E-state index is 5.44. The molecule has 0 radical (unpaired) electrons. The van der Waals surface area contributed by atoms with Crippen molar-refractivity contribution in [3.63, 3.8) is 0 Å². The standard InChI is InChI=1S/C54H40N2/c1-34(41-30-31-47-44-22-13-21-43(44)46-24-14-23-45(41)51(46)47)25-28-42-35(2)26-29-48-49-33-40(27-32-50(49)56-54(52(42)48)39-19-11-6-12-20-39)53(38-17-9-5-10-18-38)55-36(3)37-15-7-4-8-16-37/h4-20,22-25,27-28,30-33H,2-3,21,26,29H2,1H3/b34-25+,42-28+,55-53+. The van der Waals surface area contributed by atoms with Gasteiger partial charge in [-0.3, -0.25) is 0 Å². The molecule has 0 saturated heterocycles. The number of hydrogen-bond donors (Lipinski definition) is 0. The van der Waals surface area contributed by atoms with Crippen LogP contribution in [0.2, 0.25) is 0 Å². The molecular weight excluding hydrogens is 677 g/mol. The Labute approximate surface area is 328 Å². The van der Waals surface area contributed by atoms with Crippen molar-refractivity contribution in [1.29, 1.82) is 0 Å². The first-order chi connectivity index (χ1) is 27.5. The SMILES string of the molecule is C=C1CCc2c(c(-c3ccccc3)nc3ccc(/C(=N/C(=C)c4ccccc4)c4ccccc4)cc23)/C1=C/C=C(\C)c1ccc2c3c(cccc13)C1=C2C=CC1. The lowest BCUT2D eigenvalue weighted by molar-refractivity contribution is 0.949. The number of rotatable bonds is 7. The van der Waals surface area contributed by atoms with E-state index in [0.717, 1.165) is 80.7 Å². The highest BCUT2D eigenvalue weighted by Gasteiger charge is 2.27. The molecule has 1 aromatic heterocycles. The van der Waals surface area contributed by atoms with Crippen molar-refractivity contribution in [3.05, 3.63) is 227 Å². The molecule has 0 saturated carbocycles. The Morgan fingerprint density at radius 1 is 0.714 bits per heavy atom. The highest BCUT2D eigenvalue weighted by molar-refractivity contribution is 6.19. The monoisotopic (exact) mass is 716 g/mol. The molecule has 0 fully saturated rings. The largest absolute Gasteiger partial charge is 0.248 e. The van der Waals surface area contributed by atoms with Crippen molar-refractivity contribution in [2.45, 2.75) is 26.2 Å². The Hall–Kier alpha value is -6.90. The summed E-state index contributed by atoms with van der Waals surface area (Å²) in [4.78, 5) is 10.6. The average Bonchev–Trinajstić information content (AvgIpc) is 3.86. The molecule has 0 unspecified atom stereocenters. The van der Waals surface area contributed by atoms with Gasteiger partial charge in [0.1, 0.15) is 0 Å². The lowest BCUT2D eigenvalue weighted by atomic mass is 9.79. The molecule has 3 aliphatic rings. The topological polar surface area (TPSA) is 25.2 Å². The molecule has 2 heteroatoms. The van der Waals surface area contributed by atoms with Gasteiger partial charge in [-0.1, -0.05) is 165 Å². The minimum Gasteiger partial charge on any atom is -0.248 e. The molecule has 0 bridgehead atoms. The van der Waals surface area contributed by atoms with Crippen molar-refractivity contribution in [2.75, 3.05) is 0 Å². The second-order valence-corrected chi connectivity index (χ2v) is 15.0. The Kier molecular flexibility index (Phi) is 8.26. The van der Waals surface area contributed by atoms with Gasteiger partial charge in [0.05, 0.1) is 22.6 Å². The predicted molar refractivity (Wildman–Crippen MR) is 238 cm³/mol. The van der Waals surface area contributed by atoms with Crippen LogP contribution in [0.3, 0.4) is 0 Å². The molecule has 0 aliphatic heterocycles. The van der Waals surface area contributed by atoms with Gasteiger partial charge in [-0.15, -0.1) is 0 Å². The van der Waals surface area contributed by atoms with Gasteiger partial charge in [0.15, 0.2) is 0 Å². The molecule has 1 heterocycles. The molecule has 6 aromatic carbocycles. The molecule has 0 N–H and O–H groups in total. The van der Waals surface area contributed by atoms with E-state index in [2.05, 4.69) is 160 Å². The zero-order chi connectivity index (χ0) is 37.8. The molecule has 2 nitrogen and oxygen atoms in total. The molecule has 7 aromatic rings. The second-order valence-electron chi connectivity index (χ2n) is 15.0. The van der Waals surface area contributed by atoms with E-state index >= 15 is 0 Å². The minimum atomic E-state index is 0.727. The fraction of sp³-hybridized carbons (Fsp3) is 0.0741. The fourth-order valence-electron chi connectivity index (χ4n) is 8.88. The summed E-state index contributed by atoms with van der Waals surface area (Å²) in [6.07, 6.45) is 11.9. The number of aliphatic imine (C=N–C) groups is 1. The van der Waals surface area contributed by atoms with Crippen LogP contribution in [0.25, 0.3) is 60.9 Å². The van der Waals surface area contributed by atoms with Crippen LogP contribution in [0, 0.1) is 0 Å². The van der Waals surface area contributed by atoms with E-state index in [1.54, 1.807) is 0 Å². The lowest BCUT2D eigenvalue weighted by Gasteiger charge is -2.26. The van der Waals surface area contributed by atoms with Gasteiger partial charge < -0.3 is 0 Å². The smallest absolute Gasteiger partial charge is 0.0790 e. The normalized spacial score (nSPS) is 15.6. The summed E-state index contributed by atoms with van der Waals surface area (Å²) in [5.74, 6) is 0. The Balaban J connectivity index is 1.14. The molecule has 0 spiro atoms. The molecule has 10 rings (SSSR count). The van der Waals surface area contributed by atoms with Gasteiger partial charge in [-0.05, 0) is 105 Å². The first-order valence-corrected chi connectivity index (χ1v) is 19.5. The quantitative estimate of drug-likeness (QED) is 0.151. The summed E-state index contributed by atoms with van der Waals surface area (Å²) < 4.78 is 0. The molecule has 0 atom stereocenters. The maximum Gasteiger partial charge on any atom is 0.0790 e. The van der Waals surface area contributed by atoms with Crippen LogP contribution >= 0.6 is 0 Å². The van der Waals surface area contributed by atoms with Crippen molar-refractivity contribution in [2.24, 2.45) is 4.99 Å². The number of aryl methyl sites for hydroxylation is 1. The summed E-state index contributed by atoms with van der Waals surface area (Å²) in [5.41, 5.74) is 20.6. The second kappa shape index (κ2) is 13.7. The Morgan fingerprint density at radius 2 is 1.46 bits per heavy atom. The summed E-state index contributed by atoms with van der Waals surface area (Å²) in [7, 11) is 0. The van der Waals surface area contributed by atoms with Crippen LogP contribution < -0.4 is 0 Å². The predicted octanol–water partition coefficient (Wildman–Crippen LogP) is 13.7. The molecule has 56 heavy (non-hydrogen) atoms. The van der Waals surface area contributed by atoms with Crippen LogP contribution in [0.5, 0.6) is 0 Å². The first kappa shape index (κ1) is 33.7. The van der Waals surface area contributed by atoms with Crippen molar-refractivity contribution >= 4 is 55.4 Å². The van der Waals surface area contributed by atoms with Crippen LogP contribution in [0.15, 0.2) is 188 Å². The highest BCUT2D eigenvalue weighted by Crippen LogP contribution is 2.49. The van der Waals surface area contributed by atoms with Gasteiger partial charge in [-0.2, -0.15) is 0 Å². The third-order valence-electron chi connectivity index (χ3n) is 11.7. The van der Waals surface area contributed by atoms with Crippen LogP contribution in [0.1, 0.15) is 64.3 Å². The Morgan fingerprint density at radius 3 is 2.25 bits per heavy atom. The van der Waals surface area contributed by atoms with Crippen LogP contribution in [0.4, 0.5) is 0 Å². The molecule has 3 aliphatic carbocycles. The van der Waals surface area contributed by atoms with Crippen molar-refractivity contribution in [3.8, 4) is 11.3 Å². The first-order valence-electron chi connectivity index (χ1n) is 19.5. The molecule has 0 amide bonds. The number of pyridine rings is 1. The summed E-state index contributed by atoms with van der Waals surface area (Å²) >= 11 is 0. The third kappa shape index (κ3) is 5.65. The highest BCUT2D eigenvalue weighted by atomic mass is 14.8. The minimum absolute atomic E-state index is 0.727. The van der Waals surface area contributed by atoms with Crippen LogP contribution in [-0.2, 0) is 6.42 Å². The van der Waals surface area contributed by atoms with E-state index < -0.39 is 0 Å². The zero-order valence-corrected chi connectivity index (χ0v) is 31.5. The lowest BCUT2D eigenvalue weighted by Crippen LogP contribution is -2.10. The number of aromatic nitrogens is 1. The summed E-state index contributed by atoms with van der Waals surface area (Å²) in [6.45, 7) is 11.3. The van der Waals surface area contributed by atoms with Gasteiger partial charge in [0.2, 0.25) is 0 Å². The Bertz CT molecular complexity index is 2940. The van der Waals surface area contributed by atoms with E-state index in [0.29, 0.717) is 0 Å². The van der Waals surface area contributed by atoms with E-state index in [9.17, 15) is 0 Å². The van der Waals surface area contributed by atoms with Gasteiger partial charge in [0.25, 0.3) is 0 Å². The van der Waals surface area contributed by atoms with Crippen molar-refractivity contribution < 1.29 is 0 Å². The average molecular weight is 717 g/mol. The fourth-order valence-corrected chi connectivity index (χ4v) is 8.88. The zero-order valence-electron chi connectivity index (χ0n) is 31.5. The number of fused-ring (bicyclic) bond motifs is 5. The third-order valence-corrected chi connectivity index (χ3v) is 11.7. The molecule has 266 valence electrons. The van der Waals surface area contributed by atoms with E-state index in [4.69, 9.17) is 9.98 Å². The summed E-state index contributed by atoms with van der Waals surface area (Å²) in [6, 6.07) is 49.2. The van der Waals surface area contributed by atoms with Gasteiger partial charge in [-0.25, -0.2) is 9.98 Å².